The number of hydrogen-bond donors (Lipinski definition) is 9. The Labute approximate surface area is 197 Å². The predicted molar refractivity (Wildman–Crippen MR) is 111 cm³/mol. The number of amides is 1. The number of nitrogens with two attached hydrogens (primary N) is 1. The zero-order chi connectivity index (χ0) is 26.4. The van der Waals surface area contributed by atoms with Crippen LogP contribution in [0.25, 0.3) is 0 Å². The van der Waals surface area contributed by atoms with Crippen molar-refractivity contribution in [3.8, 4) is 11.5 Å². The highest BCUT2D eigenvalue weighted by atomic mass is 16.7. The minimum absolute atomic E-state index is 0.167. The first kappa shape index (κ1) is 27.7. The highest BCUT2D eigenvalue weighted by Gasteiger charge is 2.48. The van der Waals surface area contributed by atoms with Gasteiger partial charge in [0.1, 0.15) is 24.4 Å². The number of carboxylic acids is 3. The summed E-state index contributed by atoms with van der Waals surface area (Å²) < 4.78 is 10.2. The number of nitrogens with one attached hydrogen (secondary N) is 1. The molecule has 1 aliphatic heterocycles. The van der Waals surface area contributed by atoms with Gasteiger partial charge >= 0.3 is 17.9 Å². The van der Waals surface area contributed by atoms with Crippen molar-refractivity contribution in [2.75, 3.05) is 0 Å². The zero-order valence-corrected chi connectivity index (χ0v) is 18.1. The van der Waals surface area contributed by atoms with E-state index in [1.807, 2.05) is 0 Å². The first-order chi connectivity index (χ1) is 16.3. The molecule has 2 rings (SSSR count). The zero-order valence-electron chi connectivity index (χ0n) is 18.1. The van der Waals surface area contributed by atoms with Crippen LogP contribution in [0.1, 0.15) is 18.4 Å². The van der Waals surface area contributed by atoms with Crippen LogP contribution in [0.2, 0.25) is 0 Å². The van der Waals surface area contributed by atoms with E-state index in [0.717, 1.165) is 6.07 Å². The van der Waals surface area contributed by atoms with Gasteiger partial charge in [0, 0.05) is 6.42 Å². The number of rotatable bonds is 11. The van der Waals surface area contributed by atoms with Gasteiger partial charge in [-0.1, -0.05) is 6.07 Å². The van der Waals surface area contributed by atoms with E-state index < -0.39 is 78.8 Å². The molecule has 1 aliphatic rings. The first-order valence-corrected chi connectivity index (χ1v) is 10.2. The van der Waals surface area contributed by atoms with E-state index in [1.165, 1.54) is 12.1 Å². The number of phenols is 1. The second kappa shape index (κ2) is 11.8. The van der Waals surface area contributed by atoms with Gasteiger partial charge in [-0.15, -0.1) is 0 Å². The maximum atomic E-state index is 12.2. The fraction of sp³-hybridized carbons (Fsp3) is 0.500. The number of ether oxygens (including phenoxy) is 2. The molecule has 1 fully saturated rings. The molecular formula is C20H26N2O13. The van der Waals surface area contributed by atoms with E-state index in [1.54, 1.807) is 0 Å². The number of carboxylic acid groups (broad SMARTS) is 3. The Bertz CT molecular complexity index is 955. The smallest absolute Gasteiger partial charge is 0.335 e. The Balaban J connectivity index is 2.03. The maximum absolute atomic E-state index is 12.2. The largest absolute Gasteiger partial charge is 0.504 e. The average molecular weight is 502 g/mol. The highest BCUT2D eigenvalue weighted by Crippen LogP contribution is 2.31. The normalized spacial score (nSPS) is 25.8. The number of aliphatic carboxylic acids is 3. The van der Waals surface area contributed by atoms with Gasteiger partial charge < -0.3 is 56.3 Å². The summed E-state index contributed by atoms with van der Waals surface area (Å²) in [5.41, 5.74) is 6.09. The van der Waals surface area contributed by atoms with Crippen molar-refractivity contribution in [3.05, 3.63) is 23.8 Å². The number of carbonyl (C=O) groups is 4. The molecule has 194 valence electrons. The third-order valence-electron chi connectivity index (χ3n) is 5.13. The molecule has 0 saturated carbocycles. The molecule has 0 aromatic heterocycles. The summed E-state index contributed by atoms with van der Waals surface area (Å²) >= 11 is 0. The summed E-state index contributed by atoms with van der Waals surface area (Å²) in [5.74, 6) is -5.96. The van der Waals surface area contributed by atoms with E-state index in [9.17, 15) is 39.6 Å². The van der Waals surface area contributed by atoms with Gasteiger partial charge in [0.15, 0.2) is 17.6 Å². The standard InChI is InChI=1S/C20H26N2O13/c21-8(17(29)22-9(18(30)31)2-4-12(24)25)5-7-1-3-11(10(23)6-7)34-20-15(28)13(26)14(27)16(35-20)19(32)33/h1,3,6,8-9,13-16,20,23,26-28H,2,4-5,21H2,(H,22,29)(H,24,25)(H,30,31)(H,32,33)/t8-,9-,13-,14-,15+,16-,20?/m0/s1. The summed E-state index contributed by atoms with van der Waals surface area (Å²) in [5, 5.41) is 68.8. The van der Waals surface area contributed by atoms with Crippen LogP contribution in [-0.4, -0.2) is 102 Å². The third-order valence-corrected chi connectivity index (χ3v) is 5.13. The van der Waals surface area contributed by atoms with Gasteiger partial charge in [-0.2, -0.15) is 0 Å². The van der Waals surface area contributed by atoms with Gasteiger partial charge in [0.2, 0.25) is 12.2 Å². The minimum Gasteiger partial charge on any atom is -0.504 e. The molecule has 0 spiro atoms. The van der Waals surface area contributed by atoms with Crippen molar-refractivity contribution in [2.45, 2.75) is 62.1 Å². The van der Waals surface area contributed by atoms with E-state index >= 15 is 0 Å². The van der Waals surface area contributed by atoms with Gasteiger partial charge in [-0.05, 0) is 30.5 Å². The van der Waals surface area contributed by atoms with E-state index in [-0.39, 0.29) is 18.6 Å². The van der Waals surface area contributed by atoms with Crippen LogP contribution in [-0.2, 0) is 30.3 Å². The molecule has 0 radical (unpaired) electrons. The Hall–Kier alpha value is -3.50. The number of benzene rings is 1. The van der Waals surface area contributed by atoms with Crippen LogP contribution < -0.4 is 15.8 Å². The maximum Gasteiger partial charge on any atom is 0.335 e. The van der Waals surface area contributed by atoms with Gasteiger partial charge in [-0.3, -0.25) is 9.59 Å². The first-order valence-electron chi connectivity index (χ1n) is 10.2. The van der Waals surface area contributed by atoms with E-state index in [4.69, 9.17) is 30.5 Å². The number of aliphatic hydroxyl groups is 3. The van der Waals surface area contributed by atoms with Gasteiger partial charge in [0.25, 0.3) is 0 Å². The molecule has 1 amide bonds. The van der Waals surface area contributed by atoms with Crippen molar-refractivity contribution >= 4 is 23.8 Å². The highest BCUT2D eigenvalue weighted by molar-refractivity contribution is 5.87. The molecule has 10 N–H and O–H groups in total. The summed E-state index contributed by atoms with van der Waals surface area (Å²) in [6.07, 6.45) is -10.3. The fourth-order valence-electron chi connectivity index (χ4n) is 3.21. The second-order valence-electron chi connectivity index (χ2n) is 7.80. The Morgan fingerprint density at radius 2 is 1.71 bits per heavy atom. The molecule has 0 aliphatic carbocycles. The van der Waals surface area contributed by atoms with Crippen LogP contribution in [0.5, 0.6) is 11.5 Å². The monoisotopic (exact) mass is 502 g/mol. The molecule has 35 heavy (non-hydrogen) atoms. The number of carbonyl (C=O) groups excluding carboxylic acids is 1. The lowest BCUT2D eigenvalue weighted by molar-refractivity contribution is -0.271. The minimum atomic E-state index is -1.92. The van der Waals surface area contributed by atoms with Crippen LogP contribution in [0.15, 0.2) is 18.2 Å². The van der Waals surface area contributed by atoms with Crippen molar-refractivity contribution < 1.29 is 64.4 Å². The Morgan fingerprint density at radius 1 is 1.06 bits per heavy atom. The van der Waals surface area contributed by atoms with Crippen molar-refractivity contribution in [2.24, 2.45) is 5.73 Å². The molecule has 7 atom stereocenters. The molecule has 1 unspecified atom stereocenters. The third kappa shape index (κ3) is 7.24. The van der Waals surface area contributed by atoms with Crippen LogP contribution in [0.4, 0.5) is 0 Å². The van der Waals surface area contributed by atoms with E-state index in [2.05, 4.69) is 5.32 Å². The lowest BCUT2D eigenvalue weighted by atomic mass is 9.99. The van der Waals surface area contributed by atoms with Crippen LogP contribution in [0, 0.1) is 0 Å². The van der Waals surface area contributed by atoms with Crippen LogP contribution in [0.3, 0.4) is 0 Å². The van der Waals surface area contributed by atoms with Gasteiger partial charge in [0.05, 0.1) is 6.04 Å². The summed E-state index contributed by atoms with van der Waals surface area (Å²) in [6.45, 7) is 0. The van der Waals surface area contributed by atoms with Gasteiger partial charge in [-0.25, -0.2) is 9.59 Å². The molecular weight excluding hydrogens is 476 g/mol. The molecule has 15 heteroatoms. The molecule has 1 aromatic carbocycles. The number of hydrogen-bond acceptors (Lipinski definition) is 11. The van der Waals surface area contributed by atoms with Crippen molar-refractivity contribution in [3.63, 3.8) is 0 Å². The summed E-state index contributed by atoms with van der Waals surface area (Å²) in [7, 11) is 0. The molecule has 1 heterocycles. The van der Waals surface area contributed by atoms with Crippen molar-refractivity contribution in [1.82, 2.24) is 5.32 Å². The second-order valence-corrected chi connectivity index (χ2v) is 7.80. The SMILES string of the molecule is N[C@@H](Cc1ccc(OC2O[C@H](C(=O)O)[C@@H](O)[C@H](O)[C@H]2O)c(O)c1)C(=O)N[C@@H](CCC(=O)O)C(=O)O. The summed E-state index contributed by atoms with van der Waals surface area (Å²) in [4.78, 5) is 45.2. The lowest BCUT2D eigenvalue weighted by Crippen LogP contribution is -2.61. The molecule has 1 saturated heterocycles. The number of aromatic hydroxyl groups is 1. The predicted octanol–water partition coefficient (Wildman–Crippen LogP) is -3.03. The van der Waals surface area contributed by atoms with Crippen LogP contribution >= 0.6 is 0 Å². The average Bonchev–Trinajstić information content (AvgIpc) is 2.77. The summed E-state index contributed by atoms with van der Waals surface area (Å²) in [6, 6.07) is 0.960. The van der Waals surface area contributed by atoms with E-state index in [0.29, 0.717) is 5.56 Å². The quantitative estimate of drug-likeness (QED) is 0.146. The van der Waals surface area contributed by atoms with Crippen molar-refractivity contribution in [1.29, 1.82) is 0 Å². The Kier molecular flexibility index (Phi) is 9.32. The molecule has 0 bridgehead atoms. The fourth-order valence-corrected chi connectivity index (χ4v) is 3.21. The topological polar surface area (TPSA) is 266 Å². The number of phenolic OH excluding ortho intramolecular Hbond substituents is 1. The Morgan fingerprint density at radius 3 is 2.26 bits per heavy atom. The number of aliphatic hydroxyl groups excluding tert-OH is 3. The molecule has 15 nitrogen and oxygen atoms in total. The molecule has 1 aromatic rings. The lowest BCUT2D eigenvalue weighted by Gasteiger charge is -2.38.